The molecule has 6 nitrogen and oxygen atoms in total. The van der Waals surface area contributed by atoms with Gasteiger partial charge in [0.2, 0.25) is 5.91 Å². The lowest BCUT2D eigenvalue weighted by atomic mass is 9.72. The number of likely N-dealkylation sites (N-methyl/N-ethyl adjacent to an activating group) is 1. The van der Waals surface area contributed by atoms with E-state index in [0.29, 0.717) is 12.0 Å². The summed E-state index contributed by atoms with van der Waals surface area (Å²) in [5.41, 5.74) is 1.66. The second-order valence-corrected chi connectivity index (χ2v) is 6.84. The molecule has 3 heterocycles. The molecule has 0 unspecified atom stereocenters. The fraction of sp³-hybridized carbons (Fsp3) is 0.750. The van der Waals surface area contributed by atoms with E-state index in [4.69, 9.17) is 0 Å². The maximum absolute atomic E-state index is 11.5. The third kappa shape index (κ3) is 3.67. The Morgan fingerprint density at radius 2 is 2.14 bits per heavy atom. The van der Waals surface area contributed by atoms with Crippen LogP contribution >= 0.6 is 0 Å². The molecule has 2 aliphatic heterocycles. The minimum atomic E-state index is 0.125. The van der Waals surface area contributed by atoms with Crippen molar-refractivity contribution < 1.29 is 4.79 Å². The molecule has 0 saturated carbocycles. The van der Waals surface area contributed by atoms with Crippen molar-refractivity contribution >= 4 is 5.91 Å². The summed E-state index contributed by atoms with van der Waals surface area (Å²) in [7, 11) is 1.71. The lowest BCUT2D eigenvalue weighted by molar-refractivity contribution is -0.122. The number of carbonyl (C=O) groups is 1. The minimum Gasteiger partial charge on any atom is -0.358 e. The number of imidazole rings is 1. The molecular weight excluding hydrogens is 278 g/mol. The third-order valence-corrected chi connectivity index (χ3v) is 5.25. The Balaban J connectivity index is 1.52. The van der Waals surface area contributed by atoms with Crippen LogP contribution in [-0.2, 0) is 11.3 Å². The number of aromatic nitrogens is 2. The molecular formula is C16H27N5O. The SMILES string of the molecule is CNC(=O)CN1CCC2(CCCN(Cc3cnc[nH]3)C2)CC1. The molecule has 2 N–H and O–H groups in total. The van der Waals surface area contributed by atoms with Gasteiger partial charge in [-0.15, -0.1) is 0 Å². The van der Waals surface area contributed by atoms with Gasteiger partial charge in [0.05, 0.1) is 12.9 Å². The Labute approximate surface area is 132 Å². The van der Waals surface area contributed by atoms with Crippen molar-refractivity contribution in [1.82, 2.24) is 25.1 Å². The van der Waals surface area contributed by atoms with Crippen LogP contribution in [0.4, 0.5) is 0 Å². The van der Waals surface area contributed by atoms with Gasteiger partial charge in [-0.25, -0.2) is 4.98 Å². The standard InChI is InChI=1S/C16H27N5O/c1-17-15(22)11-20-7-4-16(5-8-20)3-2-6-21(12-16)10-14-9-18-13-19-14/h9,13H,2-8,10-12H2,1H3,(H,17,22)(H,18,19). The van der Waals surface area contributed by atoms with Crippen LogP contribution in [0.1, 0.15) is 31.4 Å². The average Bonchev–Trinajstić information content (AvgIpc) is 3.03. The quantitative estimate of drug-likeness (QED) is 0.865. The predicted octanol–water partition coefficient (Wildman–Crippen LogP) is 0.834. The molecule has 0 aliphatic carbocycles. The number of piperidine rings is 2. The average molecular weight is 305 g/mol. The summed E-state index contributed by atoms with van der Waals surface area (Å²) in [6.45, 7) is 5.98. The Morgan fingerprint density at radius 3 is 2.82 bits per heavy atom. The first-order valence-electron chi connectivity index (χ1n) is 8.32. The number of hydrogen-bond donors (Lipinski definition) is 2. The van der Waals surface area contributed by atoms with Gasteiger partial charge in [0.15, 0.2) is 0 Å². The van der Waals surface area contributed by atoms with E-state index >= 15 is 0 Å². The van der Waals surface area contributed by atoms with Crippen molar-refractivity contribution in [1.29, 1.82) is 0 Å². The second kappa shape index (κ2) is 6.79. The van der Waals surface area contributed by atoms with Gasteiger partial charge in [-0.2, -0.15) is 0 Å². The second-order valence-electron chi connectivity index (χ2n) is 6.84. The van der Waals surface area contributed by atoms with E-state index in [1.807, 2.05) is 6.20 Å². The molecule has 0 radical (unpaired) electrons. The first kappa shape index (κ1) is 15.5. The largest absolute Gasteiger partial charge is 0.358 e. The lowest BCUT2D eigenvalue weighted by Gasteiger charge is -2.47. The summed E-state index contributed by atoms with van der Waals surface area (Å²) < 4.78 is 0. The fourth-order valence-corrected chi connectivity index (χ4v) is 3.93. The van der Waals surface area contributed by atoms with Gasteiger partial charge < -0.3 is 10.3 Å². The molecule has 22 heavy (non-hydrogen) atoms. The van der Waals surface area contributed by atoms with Crippen LogP contribution < -0.4 is 5.32 Å². The highest BCUT2D eigenvalue weighted by molar-refractivity contribution is 5.77. The topological polar surface area (TPSA) is 64.3 Å². The highest BCUT2D eigenvalue weighted by atomic mass is 16.1. The minimum absolute atomic E-state index is 0.125. The van der Waals surface area contributed by atoms with Crippen LogP contribution in [0.5, 0.6) is 0 Å². The van der Waals surface area contributed by atoms with Crippen LogP contribution in [-0.4, -0.2) is 65.4 Å². The van der Waals surface area contributed by atoms with Crippen molar-refractivity contribution in [2.75, 3.05) is 39.8 Å². The molecule has 3 rings (SSSR count). The highest BCUT2D eigenvalue weighted by Gasteiger charge is 2.38. The third-order valence-electron chi connectivity index (χ3n) is 5.25. The Morgan fingerprint density at radius 1 is 1.32 bits per heavy atom. The van der Waals surface area contributed by atoms with Crippen molar-refractivity contribution in [2.45, 2.75) is 32.2 Å². The maximum Gasteiger partial charge on any atom is 0.233 e. The normalized spacial score (nSPS) is 22.8. The van der Waals surface area contributed by atoms with Crippen molar-refractivity contribution in [3.8, 4) is 0 Å². The molecule has 2 aliphatic rings. The molecule has 1 amide bonds. The fourth-order valence-electron chi connectivity index (χ4n) is 3.93. The molecule has 2 saturated heterocycles. The number of nitrogens with zero attached hydrogens (tertiary/aromatic N) is 3. The maximum atomic E-state index is 11.5. The lowest BCUT2D eigenvalue weighted by Crippen LogP contribution is -2.50. The first-order valence-corrected chi connectivity index (χ1v) is 8.32. The zero-order valence-corrected chi connectivity index (χ0v) is 13.5. The molecule has 122 valence electrons. The van der Waals surface area contributed by atoms with E-state index in [2.05, 4.69) is 25.1 Å². The zero-order chi connectivity index (χ0) is 15.4. The van der Waals surface area contributed by atoms with Crippen molar-refractivity contribution in [2.24, 2.45) is 5.41 Å². The summed E-state index contributed by atoms with van der Waals surface area (Å²) in [5.74, 6) is 0.125. The van der Waals surface area contributed by atoms with Crippen LogP contribution in [0.15, 0.2) is 12.5 Å². The number of H-pyrrole nitrogens is 1. The molecule has 1 aromatic rings. The van der Waals surface area contributed by atoms with Gasteiger partial charge in [0.25, 0.3) is 0 Å². The highest BCUT2D eigenvalue weighted by Crippen LogP contribution is 2.40. The number of amides is 1. The zero-order valence-electron chi connectivity index (χ0n) is 13.5. The van der Waals surface area contributed by atoms with Gasteiger partial charge in [-0.1, -0.05) is 0 Å². The van der Waals surface area contributed by atoms with Crippen LogP contribution in [0.3, 0.4) is 0 Å². The van der Waals surface area contributed by atoms with E-state index in [1.54, 1.807) is 13.4 Å². The molecule has 1 spiro atoms. The first-order chi connectivity index (χ1) is 10.7. The van der Waals surface area contributed by atoms with Crippen molar-refractivity contribution in [3.05, 3.63) is 18.2 Å². The number of likely N-dealkylation sites (tertiary alicyclic amines) is 2. The van der Waals surface area contributed by atoms with E-state index in [-0.39, 0.29) is 5.91 Å². The van der Waals surface area contributed by atoms with Crippen LogP contribution in [0.2, 0.25) is 0 Å². The van der Waals surface area contributed by atoms with Gasteiger partial charge in [-0.05, 0) is 50.7 Å². The van der Waals surface area contributed by atoms with E-state index < -0.39 is 0 Å². The summed E-state index contributed by atoms with van der Waals surface area (Å²) in [6.07, 6.45) is 8.72. The van der Waals surface area contributed by atoms with Crippen LogP contribution in [0.25, 0.3) is 0 Å². The van der Waals surface area contributed by atoms with Gasteiger partial charge in [0.1, 0.15) is 0 Å². The van der Waals surface area contributed by atoms with Gasteiger partial charge >= 0.3 is 0 Å². The summed E-state index contributed by atoms with van der Waals surface area (Å²) in [4.78, 5) is 23.7. The summed E-state index contributed by atoms with van der Waals surface area (Å²) in [5, 5.41) is 2.72. The van der Waals surface area contributed by atoms with Gasteiger partial charge in [-0.3, -0.25) is 14.6 Å². The van der Waals surface area contributed by atoms with Crippen molar-refractivity contribution in [3.63, 3.8) is 0 Å². The van der Waals surface area contributed by atoms with Gasteiger partial charge in [0, 0.05) is 32.0 Å². The van der Waals surface area contributed by atoms with Crippen LogP contribution in [0, 0.1) is 5.41 Å². The molecule has 0 aromatic carbocycles. The molecule has 2 fully saturated rings. The Bertz CT molecular complexity index is 479. The molecule has 6 heteroatoms. The molecule has 0 bridgehead atoms. The number of nitrogens with one attached hydrogen (secondary N) is 2. The van der Waals surface area contributed by atoms with E-state index in [1.165, 1.54) is 44.5 Å². The Hall–Kier alpha value is -1.40. The smallest absolute Gasteiger partial charge is 0.233 e. The molecule has 1 aromatic heterocycles. The Kier molecular flexibility index (Phi) is 4.78. The number of aromatic amines is 1. The molecule has 0 atom stereocenters. The summed E-state index contributed by atoms with van der Waals surface area (Å²) >= 11 is 0. The van der Waals surface area contributed by atoms with E-state index in [0.717, 1.165) is 19.6 Å². The van der Waals surface area contributed by atoms with E-state index in [9.17, 15) is 4.79 Å². The summed E-state index contributed by atoms with van der Waals surface area (Å²) in [6, 6.07) is 0. The number of hydrogen-bond acceptors (Lipinski definition) is 4. The monoisotopic (exact) mass is 305 g/mol. The predicted molar refractivity (Wildman–Crippen MR) is 85.3 cm³/mol. The number of carbonyl (C=O) groups excluding carboxylic acids is 1. The number of rotatable bonds is 4.